The van der Waals surface area contributed by atoms with Gasteiger partial charge in [0, 0.05) is 29.4 Å². The number of rotatable bonds is 9. The molecule has 0 spiro atoms. The summed E-state index contributed by atoms with van der Waals surface area (Å²) in [6, 6.07) is 8.27. The highest BCUT2D eigenvalue weighted by molar-refractivity contribution is 5.71. The number of nitrogens with zero attached hydrogens (tertiary/aromatic N) is 1. The van der Waals surface area contributed by atoms with Crippen molar-refractivity contribution in [2.45, 2.75) is 78.1 Å². The normalized spacial score (nSPS) is 17.0. The van der Waals surface area contributed by atoms with E-state index in [4.69, 9.17) is 9.47 Å². The highest BCUT2D eigenvalue weighted by atomic mass is 16.5. The summed E-state index contributed by atoms with van der Waals surface area (Å²) in [5, 5.41) is 14.3. The Morgan fingerprint density at radius 1 is 1.13 bits per heavy atom. The minimum Gasteiger partial charge on any atom is -0.497 e. The summed E-state index contributed by atoms with van der Waals surface area (Å²) in [6.45, 7) is 7.31. The van der Waals surface area contributed by atoms with E-state index in [2.05, 4.69) is 36.7 Å². The zero-order chi connectivity index (χ0) is 21.7. The fraction of sp³-hybridized carbons (Fsp3) is 0.600. The van der Waals surface area contributed by atoms with Gasteiger partial charge >= 0.3 is 0 Å². The van der Waals surface area contributed by atoms with Crippen LogP contribution in [0.25, 0.3) is 11.3 Å². The van der Waals surface area contributed by atoms with E-state index in [9.17, 15) is 5.11 Å². The number of hydrogen-bond donors (Lipinski definition) is 2. The van der Waals surface area contributed by atoms with E-state index in [-0.39, 0.29) is 6.04 Å². The third kappa shape index (κ3) is 5.01. The molecule has 1 aromatic heterocycles. The van der Waals surface area contributed by atoms with Gasteiger partial charge in [-0.3, -0.25) is 5.32 Å². The maximum Gasteiger partial charge on any atom is 0.133 e. The van der Waals surface area contributed by atoms with Crippen LogP contribution in [0, 0.1) is 12.8 Å². The van der Waals surface area contributed by atoms with Crippen LogP contribution in [0.1, 0.15) is 69.9 Å². The van der Waals surface area contributed by atoms with Crippen molar-refractivity contribution in [2.24, 2.45) is 5.92 Å². The van der Waals surface area contributed by atoms with Gasteiger partial charge in [0.2, 0.25) is 0 Å². The second-order valence-corrected chi connectivity index (χ2v) is 8.63. The molecule has 1 aromatic carbocycles. The van der Waals surface area contributed by atoms with E-state index >= 15 is 0 Å². The number of nitrogens with one attached hydrogen (secondary N) is 1. The van der Waals surface area contributed by atoms with Crippen molar-refractivity contribution in [3.63, 3.8) is 0 Å². The van der Waals surface area contributed by atoms with Gasteiger partial charge in [-0.25, -0.2) is 0 Å². The monoisotopic (exact) mass is 414 g/mol. The standard InChI is InChI=1S/C25H38N2O3/c1-6-17(2)26-25(28)21-15-23(22-14-20(29-4)12-13-24(22)30-5)27(18(21)3)16-19-10-8-7-9-11-19/h12-15,17,19,25-26,28H,6-11,16H2,1-5H3/t17-,25?/m1/s1. The van der Waals surface area contributed by atoms with Gasteiger partial charge in [0.1, 0.15) is 17.7 Å². The Balaban J connectivity index is 2.06. The van der Waals surface area contributed by atoms with Crippen molar-refractivity contribution < 1.29 is 14.6 Å². The van der Waals surface area contributed by atoms with Gasteiger partial charge in [0.25, 0.3) is 0 Å². The molecular weight excluding hydrogens is 376 g/mol. The first-order valence-corrected chi connectivity index (χ1v) is 11.3. The molecule has 1 unspecified atom stereocenters. The topological polar surface area (TPSA) is 55.6 Å². The fourth-order valence-corrected chi connectivity index (χ4v) is 4.52. The smallest absolute Gasteiger partial charge is 0.133 e. The molecule has 5 nitrogen and oxygen atoms in total. The van der Waals surface area contributed by atoms with Crippen LogP contribution in [0.2, 0.25) is 0 Å². The largest absolute Gasteiger partial charge is 0.497 e. The average molecular weight is 415 g/mol. The second kappa shape index (κ2) is 10.4. The minimum atomic E-state index is -0.692. The number of aliphatic hydroxyl groups is 1. The van der Waals surface area contributed by atoms with E-state index in [1.807, 2.05) is 18.2 Å². The molecule has 30 heavy (non-hydrogen) atoms. The molecule has 1 aliphatic rings. The molecule has 2 N–H and O–H groups in total. The molecular formula is C25H38N2O3. The van der Waals surface area contributed by atoms with Crippen molar-refractivity contribution in [1.29, 1.82) is 0 Å². The van der Waals surface area contributed by atoms with Gasteiger partial charge in [-0.05, 0) is 63.3 Å². The molecule has 0 radical (unpaired) electrons. The van der Waals surface area contributed by atoms with Crippen LogP contribution in [-0.2, 0) is 6.54 Å². The fourth-order valence-electron chi connectivity index (χ4n) is 4.52. The summed E-state index contributed by atoms with van der Waals surface area (Å²) in [6.07, 6.45) is 6.80. The Morgan fingerprint density at radius 2 is 1.87 bits per heavy atom. The lowest BCUT2D eigenvalue weighted by molar-refractivity contribution is 0.124. The van der Waals surface area contributed by atoms with E-state index in [1.165, 1.54) is 32.1 Å². The summed E-state index contributed by atoms with van der Waals surface area (Å²) in [5.74, 6) is 2.29. The Bertz CT molecular complexity index is 824. The van der Waals surface area contributed by atoms with Gasteiger partial charge in [0.05, 0.1) is 19.9 Å². The SMILES string of the molecule is CC[C@@H](C)NC(O)c1cc(-c2cc(OC)ccc2OC)n(CC2CCCCC2)c1C. The zero-order valence-corrected chi connectivity index (χ0v) is 19.2. The van der Waals surface area contributed by atoms with Crippen molar-refractivity contribution in [3.8, 4) is 22.8 Å². The first-order chi connectivity index (χ1) is 14.5. The van der Waals surface area contributed by atoms with E-state index in [0.29, 0.717) is 5.92 Å². The number of aliphatic hydroxyl groups excluding tert-OH is 1. The maximum atomic E-state index is 10.9. The molecule has 166 valence electrons. The molecule has 2 atom stereocenters. The zero-order valence-electron chi connectivity index (χ0n) is 19.2. The average Bonchev–Trinajstić information content (AvgIpc) is 3.09. The molecule has 3 rings (SSSR count). The quantitative estimate of drug-likeness (QED) is 0.537. The summed E-state index contributed by atoms with van der Waals surface area (Å²) < 4.78 is 13.6. The molecule has 0 aliphatic heterocycles. The first-order valence-electron chi connectivity index (χ1n) is 11.3. The third-order valence-corrected chi connectivity index (χ3v) is 6.60. The lowest BCUT2D eigenvalue weighted by Crippen LogP contribution is -2.30. The van der Waals surface area contributed by atoms with Crippen molar-refractivity contribution in [2.75, 3.05) is 14.2 Å². The van der Waals surface area contributed by atoms with E-state index in [1.54, 1.807) is 14.2 Å². The number of benzene rings is 1. The number of ether oxygens (including phenoxy) is 2. The highest BCUT2D eigenvalue weighted by Crippen LogP contribution is 2.38. The molecule has 5 heteroatoms. The second-order valence-electron chi connectivity index (χ2n) is 8.63. The number of methoxy groups -OCH3 is 2. The van der Waals surface area contributed by atoms with Crippen molar-refractivity contribution >= 4 is 0 Å². The van der Waals surface area contributed by atoms with Gasteiger partial charge in [0.15, 0.2) is 0 Å². The Morgan fingerprint density at radius 3 is 2.50 bits per heavy atom. The lowest BCUT2D eigenvalue weighted by Gasteiger charge is -2.25. The number of aromatic nitrogens is 1. The molecule has 0 bridgehead atoms. The molecule has 0 saturated heterocycles. The van der Waals surface area contributed by atoms with Crippen molar-refractivity contribution in [3.05, 3.63) is 35.5 Å². The lowest BCUT2D eigenvalue weighted by atomic mass is 9.89. The third-order valence-electron chi connectivity index (χ3n) is 6.60. The number of hydrogen-bond acceptors (Lipinski definition) is 4. The molecule has 1 aliphatic carbocycles. The predicted molar refractivity (Wildman–Crippen MR) is 122 cm³/mol. The predicted octanol–water partition coefficient (Wildman–Crippen LogP) is 5.44. The van der Waals surface area contributed by atoms with Crippen LogP contribution in [0.5, 0.6) is 11.5 Å². The highest BCUT2D eigenvalue weighted by Gasteiger charge is 2.24. The van der Waals surface area contributed by atoms with Gasteiger partial charge in [-0.15, -0.1) is 0 Å². The van der Waals surface area contributed by atoms with Crippen LogP contribution in [-0.4, -0.2) is 29.9 Å². The van der Waals surface area contributed by atoms with Crippen LogP contribution < -0.4 is 14.8 Å². The summed E-state index contributed by atoms with van der Waals surface area (Å²) in [7, 11) is 3.38. The van der Waals surface area contributed by atoms with E-state index < -0.39 is 6.23 Å². The maximum absolute atomic E-state index is 10.9. The summed E-state index contributed by atoms with van der Waals surface area (Å²) in [5.41, 5.74) is 4.13. The van der Waals surface area contributed by atoms with Crippen LogP contribution in [0.15, 0.2) is 24.3 Å². The molecule has 0 amide bonds. The minimum absolute atomic E-state index is 0.246. The van der Waals surface area contributed by atoms with Crippen LogP contribution in [0.3, 0.4) is 0 Å². The molecule has 1 fully saturated rings. The van der Waals surface area contributed by atoms with Crippen molar-refractivity contribution in [1.82, 2.24) is 9.88 Å². The van der Waals surface area contributed by atoms with Crippen LogP contribution in [0.4, 0.5) is 0 Å². The first kappa shape index (κ1) is 22.7. The molecule has 1 heterocycles. The molecule has 2 aromatic rings. The Hall–Kier alpha value is -1.98. The van der Waals surface area contributed by atoms with Gasteiger partial charge in [-0.2, -0.15) is 0 Å². The summed E-state index contributed by atoms with van der Waals surface area (Å²) >= 11 is 0. The van der Waals surface area contributed by atoms with Crippen LogP contribution >= 0.6 is 0 Å². The Kier molecular flexibility index (Phi) is 7.84. The van der Waals surface area contributed by atoms with Gasteiger partial charge < -0.3 is 19.1 Å². The Labute approximate surface area is 181 Å². The van der Waals surface area contributed by atoms with E-state index in [0.717, 1.165) is 47.0 Å². The van der Waals surface area contributed by atoms with Gasteiger partial charge in [-0.1, -0.05) is 26.2 Å². The molecule has 1 saturated carbocycles. The summed E-state index contributed by atoms with van der Waals surface area (Å²) in [4.78, 5) is 0.